The zero-order valence-corrected chi connectivity index (χ0v) is 33.9. The van der Waals surface area contributed by atoms with Crippen LogP contribution in [0, 0.1) is 11.8 Å². The number of methoxy groups -OCH3 is 1. The molecule has 3 aliphatic rings. The minimum absolute atomic E-state index is 0.0867. The zero-order valence-electron chi connectivity index (χ0n) is 33.9. The van der Waals surface area contributed by atoms with E-state index in [1.54, 1.807) is 7.11 Å². The number of anilines is 1. The molecule has 6 aromatic carbocycles. The Hall–Kier alpha value is -6.64. The normalized spacial score (nSPS) is 19.1. The van der Waals surface area contributed by atoms with E-state index in [1.165, 1.54) is 6.42 Å². The van der Waals surface area contributed by atoms with Gasteiger partial charge in [-0.1, -0.05) is 116 Å². The van der Waals surface area contributed by atoms with Gasteiger partial charge >= 0.3 is 0 Å². The number of carbonyl (C=O) groups is 1. The van der Waals surface area contributed by atoms with Crippen LogP contribution in [0.1, 0.15) is 65.4 Å². The van der Waals surface area contributed by atoms with Crippen LogP contribution in [0.15, 0.2) is 158 Å². The maximum atomic E-state index is 15.0. The summed E-state index contributed by atoms with van der Waals surface area (Å²) in [6.07, 6.45) is 4.84. The lowest BCUT2D eigenvalue weighted by Gasteiger charge is -2.51. The van der Waals surface area contributed by atoms with Crippen LogP contribution >= 0.6 is 0 Å². The van der Waals surface area contributed by atoms with Crippen molar-refractivity contribution in [3.8, 4) is 11.8 Å². The van der Waals surface area contributed by atoms with Gasteiger partial charge in [-0.2, -0.15) is 0 Å². The summed E-state index contributed by atoms with van der Waals surface area (Å²) in [6.45, 7) is 4.38. The first-order chi connectivity index (χ1) is 29.6. The second kappa shape index (κ2) is 16.2. The van der Waals surface area contributed by atoms with Crippen LogP contribution < -0.4 is 14.4 Å². The summed E-state index contributed by atoms with van der Waals surface area (Å²) in [5, 5.41) is 14.1. The van der Waals surface area contributed by atoms with E-state index in [9.17, 15) is 0 Å². The number of fused-ring (bicyclic) bond motifs is 6. The predicted molar refractivity (Wildman–Crippen MR) is 239 cm³/mol. The Morgan fingerprint density at radius 3 is 2.02 bits per heavy atom. The van der Waals surface area contributed by atoms with Crippen LogP contribution in [0.5, 0.6) is 11.8 Å². The monoisotopic (exact) mass is 789 g/mol. The molecule has 2 bridgehead atoms. The van der Waals surface area contributed by atoms with Crippen molar-refractivity contribution in [1.82, 2.24) is 20.1 Å². The van der Waals surface area contributed by atoms with Crippen molar-refractivity contribution in [3.05, 3.63) is 180 Å². The quantitative estimate of drug-likeness (QED) is 0.121. The number of rotatable bonds is 11. The molecule has 8 nitrogen and oxygen atoms in total. The van der Waals surface area contributed by atoms with Crippen LogP contribution in [0.25, 0.3) is 32.4 Å². The molecule has 8 aromatic rings. The highest BCUT2D eigenvalue weighted by molar-refractivity contribution is 6.08. The van der Waals surface area contributed by atoms with Crippen LogP contribution in [-0.4, -0.2) is 52.2 Å². The van der Waals surface area contributed by atoms with E-state index in [2.05, 4.69) is 77.6 Å². The average molecular weight is 790 g/mol. The lowest BCUT2D eigenvalue weighted by Crippen LogP contribution is -2.56. The molecule has 3 aliphatic heterocycles. The number of carbonyl (C=O) groups excluding carboxylic acids is 1. The molecule has 5 heterocycles. The van der Waals surface area contributed by atoms with Crippen molar-refractivity contribution in [2.24, 2.45) is 11.8 Å². The van der Waals surface area contributed by atoms with E-state index in [-0.39, 0.29) is 11.9 Å². The minimum atomic E-state index is -0.416. The number of benzene rings is 6. The van der Waals surface area contributed by atoms with E-state index >= 15 is 4.79 Å². The predicted octanol–water partition coefficient (Wildman–Crippen LogP) is 11.0. The first-order valence-corrected chi connectivity index (χ1v) is 21.1. The first kappa shape index (κ1) is 37.6. The largest absolute Gasteiger partial charge is 0.479 e. The van der Waals surface area contributed by atoms with Crippen LogP contribution in [0.3, 0.4) is 0 Å². The smallest absolute Gasteiger partial charge is 0.259 e. The van der Waals surface area contributed by atoms with Gasteiger partial charge in [0.05, 0.1) is 35.5 Å². The van der Waals surface area contributed by atoms with E-state index in [0.29, 0.717) is 29.2 Å². The average Bonchev–Trinajstić information content (AvgIpc) is 3.32. The summed E-state index contributed by atoms with van der Waals surface area (Å²) >= 11 is 0. The van der Waals surface area contributed by atoms with Gasteiger partial charge in [0.1, 0.15) is 6.10 Å². The van der Waals surface area contributed by atoms with Crippen molar-refractivity contribution in [1.29, 1.82) is 0 Å². The fourth-order valence-electron chi connectivity index (χ4n) is 9.88. The zero-order chi connectivity index (χ0) is 40.6. The molecule has 11 rings (SSSR count). The molecule has 0 aliphatic carbocycles. The Bertz CT molecular complexity index is 2760. The summed E-state index contributed by atoms with van der Waals surface area (Å²) in [5.41, 5.74) is 5.22. The number of hydrogen-bond donors (Lipinski definition) is 0. The van der Waals surface area contributed by atoms with Crippen LogP contribution in [-0.2, 0) is 0 Å². The maximum Gasteiger partial charge on any atom is 0.259 e. The Kier molecular flexibility index (Phi) is 10.2. The lowest BCUT2D eigenvalue weighted by atomic mass is 9.72. The van der Waals surface area contributed by atoms with Gasteiger partial charge in [-0.05, 0) is 102 Å². The third kappa shape index (κ3) is 6.90. The Morgan fingerprint density at radius 1 is 0.750 bits per heavy atom. The van der Waals surface area contributed by atoms with Gasteiger partial charge in [-0.3, -0.25) is 19.6 Å². The molecule has 8 heteroatoms. The molecule has 5 atom stereocenters. The van der Waals surface area contributed by atoms with Crippen LogP contribution in [0.2, 0.25) is 0 Å². The molecular formula is C52H47N5O3. The van der Waals surface area contributed by atoms with E-state index in [1.807, 2.05) is 102 Å². The molecule has 3 fully saturated rings. The van der Waals surface area contributed by atoms with Crippen molar-refractivity contribution >= 4 is 44.0 Å². The molecule has 0 spiro atoms. The van der Waals surface area contributed by atoms with E-state index in [0.717, 1.165) is 80.8 Å². The summed E-state index contributed by atoms with van der Waals surface area (Å²) in [5.74, 6) is 2.10. The second-order valence-corrected chi connectivity index (χ2v) is 16.2. The molecule has 2 aromatic heterocycles. The summed E-state index contributed by atoms with van der Waals surface area (Å²) in [7, 11) is 1.63. The van der Waals surface area contributed by atoms with Gasteiger partial charge in [0, 0.05) is 34.9 Å². The number of ether oxygens (including phenoxy) is 2. The number of aromatic nitrogens is 3. The SMILES string of the molecule is CC[C@H]1CN2CCC1C[C@@H]2[C@@H](Oc1nnc(OC)c2cc3ccccc3cc12)c1ccnc2ccc(N(C(=O)c3ccccc3)C(c3ccccc3)c3ccccc3)cc12. The Labute approximate surface area is 350 Å². The Balaban J connectivity index is 1.16. The second-order valence-electron chi connectivity index (χ2n) is 16.2. The van der Waals surface area contributed by atoms with Crippen LogP contribution in [0.4, 0.5) is 5.69 Å². The summed E-state index contributed by atoms with van der Waals surface area (Å²) in [6, 6.07) is 50.6. The molecule has 0 radical (unpaired) electrons. The number of pyridine rings is 1. The topological polar surface area (TPSA) is 80.7 Å². The van der Waals surface area contributed by atoms with Gasteiger partial charge in [0.25, 0.3) is 5.91 Å². The summed E-state index contributed by atoms with van der Waals surface area (Å²) < 4.78 is 13.1. The fraction of sp³-hybridized carbons (Fsp3) is 0.231. The molecule has 0 N–H and O–H groups in total. The van der Waals surface area contributed by atoms with Gasteiger partial charge < -0.3 is 9.47 Å². The van der Waals surface area contributed by atoms with Crippen molar-refractivity contribution in [2.45, 2.75) is 44.4 Å². The van der Waals surface area contributed by atoms with Gasteiger partial charge in [0.15, 0.2) is 0 Å². The molecule has 0 saturated carbocycles. The lowest BCUT2D eigenvalue weighted by molar-refractivity contribution is -0.0491. The summed E-state index contributed by atoms with van der Waals surface area (Å²) in [4.78, 5) is 24.5. The van der Waals surface area contributed by atoms with E-state index < -0.39 is 12.1 Å². The number of nitrogens with zero attached hydrogens (tertiary/aromatic N) is 5. The van der Waals surface area contributed by atoms with Crippen molar-refractivity contribution in [3.63, 3.8) is 0 Å². The molecule has 2 unspecified atom stereocenters. The molecular weight excluding hydrogens is 743 g/mol. The standard InChI is InChI=1S/C52H47N5O3/c1-3-34-33-56-28-26-40(34)31-47(56)49(60-51-45-30-39-22-14-13-21-38(39)29-44(45)50(59-2)54-55-51)42-25-27-53-46-24-23-41(32-43(42)46)57(52(58)37-19-11-6-12-20-37)48(35-15-7-4-8-16-35)36-17-9-5-10-18-36/h4-25,27,29-30,32,34,40,47-49H,3,26,28,31,33H2,1-2H3/t34-,40?,47+,49-/m0/s1. The minimum Gasteiger partial charge on any atom is -0.479 e. The van der Waals surface area contributed by atoms with Gasteiger partial charge in [-0.25, -0.2) is 0 Å². The molecule has 60 heavy (non-hydrogen) atoms. The number of piperidine rings is 3. The molecule has 1 amide bonds. The number of hydrogen-bond acceptors (Lipinski definition) is 7. The number of amides is 1. The third-order valence-electron chi connectivity index (χ3n) is 12.9. The Morgan fingerprint density at radius 2 is 1.38 bits per heavy atom. The maximum absolute atomic E-state index is 15.0. The third-order valence-corrected chi connectivity index (χ3v) is 12.9. The highest BCUT2D eigenvalue weighted by Crippen LogP contribution is 2.46. The highest BCUT2D eigenvalue weighted by Gasteiger charge is 2.44. The van der Waals surface area contributed by atoms with Crippen molar-refractivity contribution < 1.29 is 14.3 Å². The first-order valence-electron chi connectivity index (χ1n) is 21.1. The van der Waals surface area contributed by atoms with Crippen molar-refractivity contribution in [2.75, 3.05) is 25.1 Å². The van der Waals surface area contributed by atoms with Gasteiger partial charge in [-0.15, -0.1) is 10.2 Å². The highest BCUT2D eigenvalue weighted by atomic mass is 16.5. The van der Waals surface area contributed by atoms with E-state index in [4.69, 9.17) is 19.6 Å². The molecule has 298 valence electrons. The van der Waals surface area contributed by atoms with Gasteiger partial charge in [0.2, 0.25) is 11.8 Å². The molecule has 3 saturated heterocycles. The fourth-order valence-corrected chi connectivity index (χ4v) is 9.88.